The van der Waals surface area contributed by atoms with Crippen molar-refractivity contribution >= 4 is 10.9 Å². The van der Waals surface area contributed by atoms with E-state index >= 15 is 0 Å². The van der Waals surface area contributed by atoms with Gasteiger partial charge in [-0.05, 0) is 36.0 Å². The van der Waals surface area contributed by atoms with Gasteiger partial charge in [-0.1, -0.05) is 40.2 Å². The van der Waals surface area contributed by atoms with E-state index < -0.39 is 0 Å². The zero-order valence-electron chi connectivity index (χ0n) is 13.0. The largest absolute Gasteiger partial charge is 0.212 e. The molecule has 0 spiro atoms. The highest BCUT2D eigenvalue weighted by Gasteiger charge is 2.19. The monoisotopic (exact) mass is 256 g/mol. The lowest BCUT2D eigenvalue weighted by molar-refractivity contribution is -0.645. The topological polar surface area (TPSA) is 3.88 Å². The van der Waals surface area contributed by atoms with Crippen LogP contribution in [0.3, 0.4) is 0 Å². The molecule has 0 unspecified atom stereocenters. The maximum atomic E-state index is 2.36. The summed E-state index contributed by atoms with van der Waals surface area (Å²) in [5, 5.41) is 1.36. The molecule has 1 aromatic carbocycles. The maximum Gasteiger partial charge on any atom is 0.212 e. The van der Waals surface area contributed by atoms with Crippen LogP contribution in [0.4, 0.5) is 0 Å². The van der Waals surface area contributed by atoms with Gasteiger partial charge < -0.3 is 0 Å². The molecule has 1 heteroatoms. The number of aryl methyl sites for hydroxylation is 2. The molecule has 0 radical (unpaired) electrons. The quantitative estimate of drug-likeness (QED) is 0.721. The third kappa shape index (κ3) is 3.15. The Morgan fingerprint density at radius 2 is 1.84 bits per heavy atom. The highest BCUT2D eigenvalue weighted by Crippen LogP contribution is 2.24. The van der Waals surface area contributed by atoms with E-state index in [4.69, 9.17) is 0 Å². The Balaban J connectivity index is 2.50. The van der Waals surface area contributed by atoms with Crippen LogP contribution in [0.25, 0.3) is 10.9 Å². The Morgan fingerprint density at radius 3 is 2.47 bits per heavy atom. The van der Waals surface area contributed by atoms with Crippen molar-refractivity contribution in [3.05, 3.63) is 41.6 Å². The molecule has 19 heavy (non-hydrogen) atoms. The fourth-order valence-corrected chi connectivity index (χ4v) is 2.47. The fraction of sp³-hybridized carbons (Fsp3) is 0.500. The van der Waals surface area contributed by atoms with Gasteiger partial charge in [0, 0.05) is 17.0 Å². The predicted octanol–water partition coefficient (Wildman–Crippen LogP) is 4.30. The summed E-state index contributed by atoms with van der Waals surface area (Å²) in [5.41, 5.74) is 4.37. The molecular weight excluding hydrogens is 230 g/mol. The molecule has 0 fully saturated rings. The highest BCUT2D eigenvalue weighted by molar-refractivity contribution is 5.77. The smallest absolute Gasteiger partial charge is 0.201 e. The molecule has 1 nitrogen and oxygen atoms in total. The molecule has 0 bridgehead atoms. The van der Waals surface area contributed by atoms with Crippen molar-refractivity contribution in [3.8, 4) is 0 Å². The minimum Gasteiger partial charge on any atom is -0.201 e. The van der Waals surface area contributed by atoms with Crippen LogP contribution in [-0.4, -0.2) is 0 Å². The molecule has 0 N–H and O–H groups in total. The van der Waals surface area contributed by atoms with Crippen molar-refractivity contribution in [2.45, 2.75) is 52.4 Å². The van der Waals surface area contributed by atoms with Gasteiger partial charge in [-0.25, -0.2) is 4.57 Å². The molecule has 0 aliphatic carbocycles. The normalized spacial score (nSPS) is 12.1. The van der Waals surface area contributed by atoms with Gasteiger partial charge in [0.05, 0.1) is 0 Å². The number of nitrogens with zero attached hydrogens (tertiary/aromatic N) is 1. The molecule has 2 aromatic rings. The lowest BCUT2D eigenvalue weighted by atomic mass is 9.87. The number of hydrogen-bond donors (Lipinski definition) is 0. The molecule has 2 rings (SSSR count). The second-order valence-electron chi connectivity index (χ2n) is 6.59. The summed E-state index contributed by atoms with van der Waals surface area (Å²) < 4.78 is 2.25. The average molecular weight is 256 g/mol. The van der Waals surface area contributed by atoms with Crippen LogP contribution in [0.5, 0.6) is 0 Å². The zero-order chi connectivity index (χ0) is 14.0. The van der Waals surface area contributed by atoms with Crippen molar-refractivity contribution in [3.63, 3.8) is 0 Å². The molecule has 1 heterocycles. The van der Waals surface area contributed by atoms with Gasteiger partial charge in [-0.2, -0.15) is 0 Å². The number of unbranched alkanes of at least 4 members (excludes halogenated alkanes) is 1. The molecule has 0 saturated heterocycles. The molecule has 102 valence electrons. The number of hydrogen-bond acceptors (Lipinski definition) is 0. The second-order valence-corrected chi connectivity index (χ2v) is 6.59. The minimum absolute atomic E-state index is 0.200. The van der Waals surface area contributed by atoms with Gasteiger partial charge in [0.2, 0.25) is 5.52 Å². The second kappa shape index (κ2) is 5.32. The third-order valence-electron chi connectivity index (χ3n) is 3.80. The Kier molecular flexibility index (Phi) is 3.93. The van der Waals surface area contributed by atoms with Gasteiger partial charge >= 0.3 is 0 Å². The van der Waals surface area contributed by atoms with Crippen molar-refractivity contribution < 1.29 is 4.57 Å². The molecule has 0 aliphatic heterocycles. The van der Waals surface area contributed by atoms with Gasteiger partial charge in [-0.15, -0.1) is 0 Å². The summed E-state index contributed by atoms with van der Waals surface area (Å²) in [6, 6.07) is 9.24. The Hall–Kier alpha value is -1.37. The fourth-order valence-electron chi connectivity index (χ4n) is 2.47. The van der Waals surface area contributed by atoms with Gasteiger partial charge in [0.1, 0.15) is 7.05 Å². The van der Waals surface area contributed by atoms with Crippen LogP contribution in [0.1, 0.15) is 51.7 Å². The van der Waals surface area contributed by atoms with E-state index in [1.54, 1.807) is 0 Å². The Bertz CT molecular complexity index is 576. The Morgan fingerprint density at radius 1 is 1.11 bits per heavy atom. The zero-order valence-corrected chi connectivity index (χ0v) is 13.0. The molecular formula is C18H26N+. The van der Waals surface area contributed by atoms with Crippen LogP contribution < -0.4 is 4.57 Å². The van der Waals surface area contributed by atoms with Gasteiger partial charge in [-0.3, -0.25) is 0 Å². The maximum absolute atomic E-state index is 2.36. The van der Waals surface area contributed by atoms with E-state index in [2.05, 4.69) is 69.8 Å². The van der Waals surface area contributed by atoms with E-state index in [9.17, 15) is 0 Å². The van der Waals surface area contributed by atoms with Crippen LogP contribution >= 0.6 is 0 Å². The van der Waals surface area contributed by atoms with E-state index in [-0.39, 0.29) is 5.41 Å². The summed E-state index contributed by atoms with van der Waals surface area (Å²) in [5.74, 6) is 0. The lowest BCUT2D eigenvalue weighted by Crippen LogP contribution is -2.31. The van der Waals surface area contributed by atoms with Crippen molar-refractivity contribution in [2.75, 3.05) is 0 Å². The van der Waals surface area contributed by atoms with Crippen molar-refractivity contribution in [2.24, 2.45) is 7.05 Å². The van der Waals surface area contributed by atoms with Gasteiger partial charge in [0.15, 0.2) is 6.20 Å². The molecule has 0 atom stereocenters. The van der Waals surface area contributed by atoms with Crippen LogP contribution in [0.2, 0.25) is 0 Å². The van der Waals surface area contributed by atoms with E-state index in [1.807, 2.05) is 0 Å². The first-order valence-electron chi connectivity index (χ1n) is 7.34. The van der Waals surface area contributed by atoms with Crippen molar-refractivity contribution in [1.82, 2.24) is 0 Å². The molecule has 0 amide bonds. The Labute approximate surface area is 117 Å². The lowest BCUT2D eigenvalue weighted by Gasteiger charge is -2.17. The van der Waals surface area contributed by atoms with Crippen molar-refractivity contribution in [1.29, 1.82) is 0 Å². The van der Waals surface area contributed by atoms with E-state index in [0.717, 1.165) is 0 Å². The number of benzene rings is 1. The molecule has 0 saturated carbocycles. The summed E-state index contributed by atoms with van der Waals surface area (Å²) in [4.78, 5) is 0. The van der Waals surface area contributed by atoms with E-state index in [1.165, 1.54) is 41.3 Å². The first-order valence-corrected chi connectivity index (χ1v) is 7.34. The van der Waals surface area contributed by atoms with Gasteiger partial charge in [0.25, 0.3) is 0 Å². The first kappa shape index (κ1) is 14.0. The number of rotatable bonds is 3. The predicted molar refractivity (Wildman–Crippen MR) is 82.4 cm³/mol. The summed E-state index contributed by atoms with van der Waals surface area (Å²) in [6.07, 6.45) is 5.98. The van der Waals surface area contributed by atoms with Crippen LogP contribution in [0, 0.1) is 0 Å². The van der Waals surface area contributed by atoms with E-state index in [0.29, 0.717) is 0 Å². The minimum atomic E-state index is 0.200. The number of aromatic nitrogens is 1. The van der Waals surface area contributed by atoms with Crippen LogP contribution in [0.15, 0.2) is 30.5 Å². The summed E-state index contributed by atoms with van der Waals surface area (Å²) >= 11 is 0. The first-order chi connectivity index (χ1) is 8.91. The third-order valence-corrected chi connectivity index (χ3v) is 3.80. The van der Waals surface area contributed by atoms with Crippen LogP contribution in [-0.2, 0) is 18.9 Å². The molecule has 0 aliphatic rings. The number of pyridine rings is 1. The average Bonchev–Trinajstić information content (AvgIpc) is 2.34. The highest BCUT2D eigenvalue weighted by atomic mass is 14.9. The summed E-state index contributed by atoms with van der Waals surface area (Å²) in [6.45, 7) is 9.07. The summed E-state index contributed by atoms with van der Waals surface area (Å²) in [7, 11) is 2.14. The SMILES string of the molecule is CCCCc1ccc2c(c1)cc(C(C)(C)C)c[n+]2C. The number of fused-ring (bicyclic) bond motifs is 1. The standard InChI is InChI=1S/C18H26N/c1-6-7-8-14-9-10-17-15(11-14)12-16(13-19(17)5)18(2,3)4/h9-13H,6-8H2,1-5H3/q+1. The molecule has 1 aromatic heterocycles.